The summed E-state index contributed by atoms with van der Waals surface area (Å²) in [5, 5.41) is 0. The molecule has 110 valence electrons. The van der Waals surface area contributed by atoms with Gasteiger partial charge in [-0.15, -0.1) is 0 Å². The highest BCUT2D eigenvalue weighted by molar-refractivity contribution is 14.1. The SMILES string of the molecule is NC(Cc1cc(Br)cc2c1OCC2)c1cc(I)ccc1Br. The van der Waals surface area contributed by atoms with Gasteiger partial charge in [-0.25, -0.2) is 0 Å². The summed E-state index contributed by atoms with van der Waals surface area (Å²) in [6.45, 7) is 0.765. The van der Waals surface area contributed by atoms with E-state index in [0.717, 1.165) is 39.7 Å². The first kappa shape index (κ1) is 15.8. The van der Waals surface area contributed by atoms with Crippen molar-refractivity contribution < 1.29 is 4.74 Å². The first-order valence-corrected chi connectivity index (χ1v) is 9.35. The molecular weight excluding hydrogens is 509 g/mol. The molecule has 0 bridgehead atoms. The van der Waals surface area contributed by atoms with Crippen molar-refractivity contribution in [3.8, 4) is 5.75 Å². The summed E-state index contributed by atoms with van der Waals surface area (Å²) in [6, 6.07) is 10.5. The molecule has 2 N–H and O–H groups in total. The maximum Gasteiger partial charge on any atom is 0.125 e. The number of ether oxygens (including phenoxy) is 1. The van der Waals surface area contributed by atoms with Gasteiger partial charge < -0.3 is 10.5 Å². The summed E-state index contributed by atoms with van der Waals surface area (Å²) in [5.74, 6) is 1.02. The molecule has 0 saturated carbocycles. The third-order valence-electron chi connectivity index (χ3n) is 3.62. The topological polar surface area (TPSA) is 35.2 Å². The van der Waals surface area contributed by atoms with Crippen molar-refractivity contribution in [1.82, 2.24) is 0 Å². The maximum absolute atomic E-state index is 6.44. The first-order chi connectivity index (χ1) is 10.0. The Balaban J connectivity index is 1.92. The van der Waals surface area contributed by atoms with Crippen molar-refractivity contribution in [3.63, 3.8) is 0 Å². The van der Waals surface area contributed by atoms with Gasteiger partial charge in [-0.05, 0) is 76.0 Å². The molecule has 1 aliphatic rings. The molecule has 5 heteroatoms. The van der Waals surface area contributed by atoms with Crippen LogP contribution in [0.3, 0.4) is 0 Å². The molecule has 0 spiro atoms. The highest BCUT2D eigenvalue weighted by Crippen LogP contribution is 2.36. The molecule has 2 nitrogen and oxygen atoms in total. The number of nitrogens with two attached hydrogens (primary N) is 1. The zero-order chi connectivity index (χ0) is 15.0. The second-order valence-electron chi connectivity index (χ2n) is 5.13. The second-order valence-corrected chi connectivity index (χ2v) is 8.14. The molecule has 2 aromatic rings. The second kappa shape index (κ2) is 6.56. The van der Waals surface area contributed by atoms with Crippen molar-refractivity contribution in [3.05, 3.63) is 59.5 Å². The molecule has 3 rings (SSSR count). The minimum absolute atomic E-state index is 0.0586. The fraction of sp³-hybridized carbons (Fsp3) is 0.250. The van der Waals surface area contributed by atoms with E-state index in [4.69, 9.17) is 10.5 Å². The molecule has 2 aromatic carbocycles. The van der Waals surface area contributed by atoms with Crippen LogP contribution in [0, 0.1) is 3.57 Å². The van der Waals surface area contributed by atoms with E-state index < -0.39 is 0 Å². The van der Waals surface area contributed by atoms with Crippen LogP contribution in [-0.2, 0) is 12.8 Å². The third kappa shape index (κ3) is 3.46. The van der Waals surface area contributed by atoms with Gasteiger partial charge in [0.1, 0.15) is 5.75 Å². The van der Waals surface area contributed by atoms with Gasteiger partial charge >= 0.3 is 0 Å². The summed E-state index contributed by atoms with van der Waals surface area (Å²) in [4.78, 5) is 0. The van der Waals surface area contributed by atoms with Crippen molar-refractivity contribution in [2.75, 3.05) is 6.61 Å². The lowest BCUT2D eigenvalue weighted by Gasteiger charge is -2.17. The smallest absolute Gasteiger partial charge is 0.125 e. The van der Waals surface area contributed by atoms with E-state index in [1.807, 2.05) is 0 Å². The predicted octanol–water partition coefficient (Wildman–Crippen LogP) is 4.99. The Kier molecular flexibility index (Phi) is 4.93. The van der Waals surface area contributed by atoms with Crippen LogP contribution >= 0.6 is 54.5 Å². The van der Waals surface area contributed by atoms with Crippen LogP contribution < -0.4 is 10.5 Å². The standard InChI is InChI=1S/C16H14Br2INO/c17-11-5-9-3-4-21-16(9)10(6-11)7-15(20)13-8-12(19)1-2-14(13)18/h1-2,5-6,8,15H,3-4,7,20H2. The van der Waals surface area contributed by atoms with Crippen LogP contribution in [0.15, 0.2) is 39.3 Å². The van der Waals surface area contributed by atoms with Gasteiger partial charge in [0.2, 0.25) is 0 Å². The van der Waals surface area contributed by atoms with E-state index in [-0.39, 0.29) is 6.04 Å². The Labute approximate surface area is 154 Å². The van der Waals surface area contributed by atoms with E-state index in [0.29, 0.717) is 0 Å². The van der Waals surface area contributed by atoms with E-state index >= 15 is 0 Å². The number of fused-ring (bicyclic) bond motifs is 1. The van der Waals surface area contributed by atoms with Crippen LogP contribution in [0.25, 0.3) is 0 Å². The van der Waals surface area contributed by atoms with Gasteiger partial charge in [0.15, 0.2) is 0 Å². The van der Waals surface area contributed by atoms with Gasteiger partial charge in [0.05, 0.1) is 6.61 Å². The maximum atomic E-state index is 6.44. The number of halogens is 3. The Morgan fingerprint density at radius 3 is 2.86 bits per heavy atom. The molecule has 1 aliphatic heterocycles. The fourth-order valence-electron chi connectivity index (χ4n) is 2.64. The molecular formula is C16H14Br2INO. The average Bonchev–Trinajstić information content (AvgIpc) is 2.89. The predicted molar refractivity (Wildman–Crippen MR) is 101 cm³/mol. The Morgan fingerprint density at radius 1 is 1.24 bits per heavy atom. The highest BCUT2D eigenvalue weighted by atomic mass is 127. The molecule has 0 amide bonds. The fourth-order valence-corrected chi connectivity index (χ4v) is 4.25. The van der Waals surface area contributed by atoms with Gasteiger partial charge in [-0.1, -0.05) is 31.9 Å². The summed E-state index contributed by atoms with van der Waals surface area (Å²) < 4.78 is 9.13. The van der Waals surface area contributed by atoms with Gasteiger partial charge in [0.25, 0.3) is 0 Å². The highest BCUT2D eigenvalue weighted by Gasteiger charge is 2.20. The number of hydrogen-bond donors (Lipinski definition) is 1. The van der Waals surface area contributed by atoms with Crippen LogP contribution in [0.5, 0.6) is 5.75 Å². The lowest BCUT2D eigenvalue weighted by molar-refractivity contribution is 0.352. The molecule has 1 heterocycles. The Morgan fingerprint density at radius 2 is 2.05 bits per heavy atom. The number of hydrogen-bond acceptors (Lipinski definition) is 2. The van der Waals surface area contributed by atoms with Crippen molar-refractivity contribution in [2.24, 2.45) is 5.73 Å². The van der Waals surface area contributed by atoms with E-state index in [2.05, 4.69) is 84.8 Å². The first-order valence-electron chi connectivity index (χ1n) is 6.69. The lowest BCUT2D eigenvalue weighted by atomic mass is 9.97. The molecule has 0 aliphatic carbocycles. The van der Waals surface area contributed by atoms with Crippen LogP contribution in [0.1, 0.15) is 22.7 Å². The Bertz CT molecular complexity index is 690. The normalized spacial score (nSPS) is 14.7. The molecule has 0 saturated heterocycles. The van der Waals surface area contributed by atoms with Gasteiger partial charge in [-0.3, -0.25) is 0 Å². The number of rotatable bonds is 3. The molecule has 1 unspecified atom stereocenters. The summed E-state index contributed by atoms with van der Waals surface area (Å²) >= 11 is 9.49. The Hall–Kier alpha value is -0.110. The van der Waals surface area contributed by atoms with Crippen LogP contribution in [-0.4, -0.2) is 6.61 Å². The molecule has 21 heavy (non-hydrogen) atoms. The molecule has 0 radical (unpaired) electrons. The van der Waals surface area contributed by atoms with E-state index in [1.54, 1.807) is 0 Å². The third-order valence-corrected chi connectivity index (χ3v) is 5.47. The zero-order valence-corrected chi connectivity index (χ0v) is 16.5. The van der Waals surface area contributed by atoms with Crippen molar-refractivity contribution >= 4 is 54.5 Å². The van der Waals surface area contributed by atoms with E-state index in [9.17, 15) is 0 Å². The van der Waals surface area contributed by atoms with Crippen molar-refractivity contribution in [1.29, 1.82) is 0 Å². The van der Waals surface area contributed by atoms with Gasteiger partial charge in [-0.2, -0.15) is 0 Å². The monoisotopic (exact) mass is 521 g/mol. The molecule has 1 atom stereocenters. The molecule has 0 fully saturated rings. The lowest BCUT2D eigenvalue weighted by Crippen LogP contribution is -2.14. The van der Waals surface area contributed by atoms with Crippen molar-refractivity contribution in [2.45, 2.75) is 18.9 Å². The average molecular weight is 523 g/mol. The van der Waals surface area contributed by atoms with Crippen LogP contribution in [0.4, 0.5) is 0 Å². The summed E-state index contributed by atoms with van der Waals surface area (Å²) in [7, 11) is 0. The summed E-state index contributed by atoms with van der Waals surface area (Å²) in [5.41, 5.74) is 10.0. The molecule has 0 aromatic heterocycles. The zero-order valence-electron chi connectivity index (χ0n) is 11.2. The number of benzene rings is 2. The van der Waals surface area contributed by atoms with Gasteiger partial charge in [0, 0.05) is 25.0 Å². The van der Waals surface area contributed by atoms with Crippen LogP contribution in [0.2, 0.25) is 0 Å². The van der Waals surface area contributed by atoms with E-state index in [1.165, 1.54) is 14.7 Å². The minimum atomic E-state index is -0.0586. The largest absolute Gasteiger partial charge is 0.493 e. The quantitative estimate of drug-likeness (QED) is 0.576. The minimum Gasteiger partial charge on any atom is -0.493 e. The summed E-state index contributed by atoms with van der Waals surface area (Å²) in [6.07, 6.45) is 1.74.